The highest BCUT2D eigenvalue weighted by atomic mass is 32.2. The fourth-order valence-corrected chi connectivity index (χ4v) is 4.33. The van der Waals surface area contributed by atoms with E-state index in [2.05, 4.69) is 10.6 Å². The molecule has 1 fully saturated rings. The molecule has 0 atom stereocenters. The second-order valence-electron chi connectivity index (χ2n) is 6.80. The number of amides is 1. The Labute approximate surface area is 160 Å². The van der Waals surface area contributed by atoms with Crippen LogP contribution < -0.4 is 14.9 Å². The number of nitrogens with zero attached hydrogens (tertiary/aromatic N) is 1. The van der Waals surface area contributed by atoms with E-state index in [-0.39, 0.29) is 23.8 Å². The van der Waals surface area contributed by atoms with E-state index in [9.17, 15) is 13.2 Å². The van der Waals surface area contributed by atoms with Crippen molar-refractivity contribution in [2.45, 2.75) is 18.2 Å². The maximum Gasteiger partial charge on any atom is 0.264 e. The third kappa shape index (κ3) is 4.87. The van der Waals surface area contributed by atoms with Crippen LogP contribution in [0.4, 0.5) is 5.69 Å². The smallest absolute Gasteiger partial charge is 0.264 e. The Hall–Kier alpha value is -2.38. The van der Waals surface area contributed by atoms with E-state index in [0.29, 0.717) is 18.2 Å². The fraction of sp³-hybridized carbons (Fsp3) is 0.350. The average Bonchev–Trinajstić information content (AvgIpc) is 2.61. The number of aryl methyl sites for hydroxylation is 1. The summed E-state index contributed by atoms with van der Waals surface area (Å²) in [6, 6.07) is 15.6. The molecule has 1 aliphatic heterocycles. The Morgan fingerprint density at radius 3 is 2.37 bits per heavy atom. The van der Waals surface area contributed by atoms with Crippen LogP contribution in [0, 0.1) is 12.8 Å². The molecule has 2 aromatic carbocycles. The Morgan fingerprint density at radius 2 is 1.78 bits per heavy atom. The molecule has 2 aromatic rings. The monoisotopic (exact) mass is 387 g/mol. The third-order valence-corrected chi connectivity index (χ3v) is 6.49. The van der Waals surface area contributed by atoms with Crippen molar-refractivity contribution in [2.24, 2.45) is 5.92 Å². The minimum atomic E-state index is -3.75. The SMILES string of the molecule is Cc1ccc(S(=O)(=O)N(CCC(=O)NCC2CNC2)c2ccccc2)cc1. The van der Waals surface area contributed by atoms with E-state index in [0.717, 1.165) is 18.7 Å². The molecule has 27 heavy (non-hydrogen) atoms. The molecule has 1 heterocycles. The van der Waals surface area contributed by atoms with Crippen LogP contribution in [0.5, 0.6) is 0 Å². The predicted octanol–water partition coefficient (Wildman–Crippen LogP) is 1.92. The number of nitrogens with one attached hydrogen (secondary N) is 2. The number of para-hydroxylation sites is 1. The van der Waals surface area contributed by atoms with Crippen molar-refractivity contribution < 1.29 is 13.2 Å². The van der Waals surface area contributed by atoms with E-state index in [1.807, 2.05) is 13.0 Å². The van der Waals surface area contributed by atoms with Gasteiger partial charge in [0, 0.05) is 38.5 Å². The number of rotatable bonds is 8. The van der Waals surface area contributed by atoms with Gasteiger partial charge in [-0.05, 0) is 31.2 Å². The van der Waals surface area contributed by atoms with Gasteiger partial charge < -0.3 is 10.6 Å². The topological polar surface area (TPSA) is 78.5 Å². The summed E-state index contributed by atoms with van der Waals surface area (Å²) in [6.07, 6.45) is 0.111. The van der Waals surface area contributed by atoms with Gasteiger partial charge >= 0.3 is 0 Å². The lowest BCUT2D eigenvalue weighted by molar-refractivity contribution is -0.121. The molecule has 0 bridgehead atoms. The number of hydrogen-bond acceptors (Lipinski definition) is 4. The lowest BCUT2D eigenvalue weighted by Crippen LogP contribution is -2.48. The molecule has 0 saturated carbocycles. The highest BCUT2D eigenvalue weighted by Gasteiger charge is 2.25. The molecule has 2 N–H and O–H groups in total. The molecule has 1 amide bonds. The van der Waals surface area contributed by atoms with Crippen LogP contribution in [0.15, 0.2) is 59.5 Å². The molecule has 144 valence electrons. The summed E-state index contributed by atoms with van der Waals surface area (Å²) < 4.78 is 27.6. The van der Waals surface area contributed by atoms with Crippen molar-refractivity contribution >= 4 is 21.6 Å². The lowest BCUT2D eigenvalue weighted by atomic mass is 10.0. The molecule has 1 saturated heterocycles. The summed E-state index contributed by atoms with van der Waals surface area (Å²) >= 11 is 0. The molecule has 3 rings (SSSR count). The summed E-state index contributed by atoms with van der Waals surface area (Å²) in [6.45, 7) is 4.46. The van der Waals surface area contributed by atoms with E-state index < -0.39 is 10.0 Å². The molecule has 6 nitrogen and oxygen atoms in total. The van der Waals surface area contributed by atoms with E-state index >= 15 is 0 Å². The molecule has 1 aliphatic rings. The van der Waals surface area contributed by atoms with Gasteiger partial charge in [0.05, 0.1) is 10.6 Å². The van der Waals surface area contributed by atoms with E-state index in [1.165, 1.54) is 4.31 Å². The summed E-state index contributed by atoms with van der Waals surface area (Å²) in [5, 5.41) is 6.05. The Bertz CT molecular complexity index is 863. The highest BCUT2D eigenvalue weighted by molar-refractivity contribution is 7.92. The lowest BCUT2D eigenvalue weighted by Gasteiger charge is -2.27. The zero-order chi connectivity index (χ0) is 19.3. The third-order valence-electron chi connectivity index (χ3n) is 4.65. The normalized spacial score (nSPS) is 14.4. The van der Waals surface area contributed by atoms with E-state index in [4.69, 9.17) is 0 Å². The van der Waals surface area contributed by atoms with Gasteiger partial charge in [-0.2, -0.15) is 0 Å². The van der Waals surface area contributed by atoms with Crippen molar-refractivity contribution in [3.05, 3.63) is 60.2 Å². The first-order valence-corrected chi connectivity index (χ1v) is 10.5. The van der Waals surface area contributed by atoms with Crippen LogP contribution in [0.1, 0.15) is 12.0 Å². The van der Waals surface area contributed by atoms with Crippen molar-refractivity contribution in [1.82, 2.24) is 10.6 Å². The molecular formula is C20H25N3O3S. The van der Waals surface area contributed by atoms with Crippen LogP contribution in [0.25, 0.3) is 0 Å². The second kappa shape index (κ2) is 8.54. The Kier molecular flexibility index (Phi) is 6.13. The number of carbonyl (C=O) groups is 1. The Balaban J connectivity index is 1.74. The number of hydrogen-bond donors (Lipinski definition) is 2. The molecular weight excluding hydrogens is 362 g/mol. The predicted molar refractivity (Wildman–Crippen MR) is 106 cm³/mol. The largest absolute Gasteiger partial charge is 0.356 e. The summed E-state index contributed by atoms with van der Waals surface area (Å²) in [5.41, 5.74) is 1.54. The van der Waals surface area contributed by atoms with Crippen molar-refractivity contribution in [3.63, 3.8) is 0 Å². The second-order valence-corrected chi connectivity index (χ2v) is 8.67. The van der Waals surface area contributed by atoms with Crippen molar-refractivity contribution in [1.29, 1.82) is 0 Å². The van der Waals surface area contributed by atoms with Gasteiger partial charge in [-0.1, -0.05) is 35.9 Å². The maximum atomic E-state index is 13.2. The summed E-state index contributed by atoms with van der Waals surface area (Å²) in [4.78, 5) is 12.4. The van der Waals surface area contributed by atoms with Crippen LogP contribution >= 0.6 is 0 Å². The Morgan fingerprint density at radius 1 is 1.11 bits per heavy atom. The van der Waals surface area contributed by atoms with Gasteiger partial charge in [0.1, 0.15) is 0 Å². The number of carbonyl (C=O) groups excluding carboxylic acids is 1. The molecule has 0 aliphatic carbocycles. The minimum absolute atomic E-state index is 0.0922. The van der Waals surface area contributed by atoms with Gasteiger partial charge in [-0.15, -0.1) is 0 Å². The fourth-order valence-electron chi connectivity index (χ4n) is 2.86. The van der Waals surface area contributed by atoms with Gasteiger partial charge in [0.25, 0.3) is 10.0 Å². The van der Waals surface area contributed by atoms with Crippen LogP contribution in [0.2, 0.25) is 0 Å². The molecule has 0 spiro atoms. The molecule has 7 heteroatoms. The number of sulfonamides is 1. The van der Waals surface area contributed by atoms with Crippen molar-refractivity contribution in [2.75, 3.05) is 30.5 Å². The quantitative estimate of drug-likeness (QED) is 0.725. The first-order valence-electron chi connectivity index (χ1n) is 9.08. The van der Waals surface area contributed by atoms with Crippen molar-refractivity contribution in [3.8, 4) is 0 Å². The highest BCUT2D eigenvalue weighted by Crippen LogP contribution is 2.24. The zero-order valence-corrected chi connectivity index (χ0v) is 16.2. The zero-order valence-electron chi connectivity index (χ0n) is 15.4. The number of benzene rings is 2. The number of anilines is 1. The molecule has 0 radical (unpaired) electrons. The van der Waals surface area contributed by atoms with Crippen LogP contribution in [-0.4, -0.2) is 40.5 Å². The maximum absolute atomic E-state index is 13.2. The van der Waals surface area contributed by atoms with Gasteiger partial charge in [0.2, 0.25) is 5.91 Å². The van der Waals surface area contributed by atoms with E-state index in [1.54, 1.807) is 48.5 Å². The molecule has 0 aromatic heterocycles. The van der Waals surface area contributed by atoms with Crippen LogP contribution in [0.3, 0.4) is 0 Å². The summed E-state index contributed by atoms with van der Waals surface area (Å²) in [7, 11) is -3.75. The first-order chi connectivity index (χ1) is 13.0. The summed E-state index contributed by atoms with van der Waals surface area (Å²) in [5.74, 6) is 0.331. The molecule has 0 unspecified atom stereocenters. The standard InChI is InChI=1S/C20H25N3O3S/c1-16-7-9-19(10-8-16)27(25,26)23(18-5-3-2-4-6-18)12-11-20(24)22-15-17-13-21-14-17/h2-10,17,21H,11-15H2,1H3,(H,22,24). The van der Waals surface area contributed by atoms with Gasteiger partial charge in [-0.3, -0.25) is 9.10 Å². The minimum Gasteiger partial charge on any atom is -0.356 e. The van der Waals surface area contributed by atoms with Crippen LogP contribution in [-0.2, 0) is 14.8 Å². The van der Waals surface area contributed by atoms with Gasteiger partial charge in [-0.25, -0.2) is 8.42 Å². The van der Waals surface area contributed by atoms with Gasteiger partial charge in [0.15, 0.2) is 0 Å². The average molecular weight is 388 g/mol. The first kappa shape index (κ1) is 19.4.